The van der Waals surface area contributed by atoms with E-state index in [1.165, 1.54) is 6.33 Å². The Balaban J connectivity index is 2.01. The van der Waals surface area contributed by atoms with Crippen LogP contribution in [0.5, 0.6) is 0 Å². The van der Waals surface area contributed by atoms with Crippen molar-refractivity contribution in [1.29, 1.82) is 0 Å². The van der Waals surface area contributed by atoms with Crippen LogP contribution >= 0.6 is 11.8 Å². The van der Waals surface area contributed by atoms with E-state index >= 15 is 0 Å². The first-order valence-electron chi connectivity index (χ1n) is 5.22. The van der Waals surface area contributed by atoms with Gasteiger partial charge in [-0.15, -0.1) is 0 Å². The molecule has 18 heavy (non-hydrogen) atoms. The molecule has 0 aliphatic rings. The molecular formula is C12H11N3O2S. The largest absolute Gasteiger partial charge is 0.478 e. The van der Waals surface area contributed by atoms with Crippen LogP contribution in [0, 0.1) is 0 Å². The molecule has 1 aromatic heterocycles. The first-order chi connectivity index (χ1) is 8.74. The lowest BCUT2D eigenvalue weighted by molar-refractivity contribution is -0.131. The average molecular weight is 261 g/mol. The lowest BCUT2D eigenvalue weighted by Gasteiger charge is -2.00. The fourth-order valence-corrected chi connectivity index (χ4v) is 2.09. The van der Waals surface area contributed by atoms with Gasteiger partial charge < -0.3 is 5.11 Å². The van der Waals surface area contributed by atoms with Crippen molar-refractivity contribution in [2.75, 3.05) is 0 Å². The fraction of sp³-hybridized carbons (Fsp3) is 0.0833. The van der Waals surface area contributed by atoms with Gasteiger partial charge in [-0.05, 0) is 17.2 Å². The summed E-state index contributed by atoms with van der Waals surface area (Å²) in [7, 11) is 0. The molecule has 0 aliphatic heterocycles. The number of aliphatic carboxylic acids is 1. The van der Waals surface area contributed by atoms with Crippen LogP contribution in [0.1, 0.15) is 11.1 Å². The van der Waals surface area contributed by atoms with Crippen LogP contribution < -0.4 is 0 Å². The van der Waals surface area contributed by atoms with Crippen molar-refractivity contribution in [3.63, 3.8) is 0 Å². The van der Waals surface area contributed by atoms with E-state index in [2.05, 4.69) is 15.2 Å². The molecule has 1 heterocycles. The monoisotopic (exact) mass is 261 g/mol. The summed E-state index contributed by atoms with van der Waals surface area (Å²) in [6.07, 6.45) is 4.17. The van der Waals surface area contributed by atoms with E-state index in [1.54, 1.807) is 17.8 Å². The summed E-state index contributed by atoms with van der Waals surface area (Å²) in [6.45, 7) is 0. The summed E-state index contributed by atoms with van der Waals surface area (Å²) >= 11 is 1.54. The van der Waals surface area contributed by atoms with Gasteiger partial charge in [0.25, 0.3) is 0 Å². The van der Waals surface area contributed by atoms with Crippen molar-refractivity contribution >= 4 is 23.8 Å². The van der Waals surface area contributed by atoms with Crippen molar-refractivity contribution in [1.82, 2.24) is 15.2 Å². The molecule has 0 radical (unpaired) electrons. The number of nitrogens with zero attached hydrogens (tertiary/aromatic N) is 2. The van der Waals surface area contributed by atoms with Gasteiger partial charge in [0.1, 0.15) is 6.33 Å². The first-order valence-corrected chi connectivity index (χ1v) is 6.21. The second-order valence-corrected chi connectivity index (χ2v) is 4.46. The van der Waals surface area contributed by atoms with Crippen LogP contribution in [-0.2, 0) is 10.5 Å². The van der Waals surface area contributed by atoms with Crippen LogP contribution in [0.2, 0.25) is 0 Å². The van der Waals surface area contributed by atoms with Crippen LogP contribution in [0.4, 0.5) is 0 Å². The highest BCUT2D eigenvalue weighted by Crippen LogP contribution is 2.19. The summed E-state index contributed by atoms with van der Waals surface area (Å²) in [5.41, 5.74) is 1.97. The van der Waals surface area contributed by atoms with Gasteiger partial charge in [0.2, 0.25) is 0 Å². The Hall–Kier alpha value is -2.08. The number of hydrogen-bond acceptors (Lipinski definition) is 4. The third-order valence-corrected chi connectivity index (χ3v) is 3.09. The summed E-state index contributed by atoms with van der Waals surface area (Å²) in [4.78, 5) is 14.4. The number of carboxylic acid groups (broad SMARTS) is 1. The maximum Gasteiger partial charge on any atom is 0.328 e. The maximum absolute atomic E-state index is 10.4. The Morgan fingerprint density at radius 1 is 1.50 bits per heavy atom. The first kappa shape index (κ1) is 12.4. The molecular weight excluding hydrogens is 250 g/mol. The second-order valence-electron chi connectivity index (χ2n) is 3.50. The Labute approximate surface area is 108 Å². The van der Waals surface area contributed by atoms with Gasteiger partial charge in [0.05, 0.1) is 0 Å². The predicted molar refractivity (Wildman–Crippen MR) is 69.1 cm³/mol. The van der Waals surface area contributed by atoms with Crippen LogP contribution in [0.3, 0.4) is 0 Å². The van der Waals surface area contributed by atoms with E-state index in [-0.39, 0.29) is 0 Å². The molecule has 0 aliphatic carbocycles. The number of nitrogens with one attached hydrogen (secondary N) is 1. The third kappa shape index (κ3) is 3.74. The standard InChI is InChI=1S/C12H11N3O2S/c16-11(17)5-4-9-2-1-3-10(6-9)7-18-12-13-8-14-15-12/h1-6,8H,7H2,(H,16,17)(H,13,14,15)/b5-4+. The number of carbonyl (C=O) groups is 1. The highest BCUT2D eigenvalue weighted by atomic mass is 32.2. The maximum atomic E-state index is 10.4. The van der Waals surface area contributed by atoms with Gasteiger partial charge in [0.15, 0.2) is 5.16 Å². The average Bonchev–Trinajstić information content (AvgIpc) is 2.87. The number of aromatic nitrogens is 3. The number of thioether (sulfide) groups is 1. The smallest absolute Gasteiger partial charge is 0.328 e. The van der Waals surface area contributed by atoms with Gasteiger partial charge in [-0.25, -0.2) is 9.78 Å². The lowest BCUT2D eigenvalue weighted by atomic mass is 10.1. The minimum Gasteiger partial charge on any atom is -0.478 e. The molecule has 1 aromatic carbocycles. The SMILES string of the molecule is O=C(O)/C=C/c1cccc(CSc2ncn[nH]2)c1. The Morgan fingerprint density at radius 3 is 3.11 bits per heavy atom. The van der Waals surface area contributed by atoms with Gasteiger partial charge in [0, 0.05) is 11.8 Å². The van der Waals surface area contributed by atoms with Gasteiger partial charge in [-0.2, -0.15) is 5.10 Å². The summed E-state index contributed by atoms with van der Waals surface area (Å²) in [5.74, 6) is -0.194. The van der Waals surface area contributed by atoms with E-state index in [0.29, 0.717) is 0 Å². The molecule has 0 bridgehead atoms. The van der Waals surface area contributed by atoms with E-state index in [1.807, 2.05) is 24.3 Å². The second kappa shape index (κ2) is 6.02. The fourth-order valence-electron chi connectivity index (χ4n) is 1.37. The van der Waals surface area contributed by atoms with E-state index in [9.17, 15) is 4.79 Å². The molecule has 2 rings (SSSR count). The molecule has 0 fully saturated rings. The van der Waals surface area contributed by atoms with E-state index in [4.69, 9.17) is 5.11 Å². The number of hydrogen-bond donors (Lipinski definition) is 2. The van der Waals surface area contributed by atoms with E-state index < -0.39 is 5.97 Å². The Kier molecular flexibility index (Phi) is 4.14. The summed E-state index contributed by atoms with van der Waals surface area (Å²) < 4.78 is 0. The molecule has 0 atom stereocenters. The number of carboxylic acids is 1. The number of H-pyrrole nitrogens is 1. The summed E-state index contributed by atoms with van der Waals surface area (Å²) in [6, 6.07) is 7.70. The highest BCUT2D eigenvalue weighted by molar-refractivity contribution is 7.98. The molecule has 5 nitrogen and oxygen atoms in total. The van der Waals surface area contributed by atoms with Crippen molar-refractivity contribution in [3.05, 3.63) is 47.8 Å². The molecule has 0 saturated heterocycles. The quantitative estimate of drug-likeness (QED) is 0.637. The molecule has 2 aromatic rings. The van der Waals surface area contributed by atoms with Crippen LogP contribution in [0.15, 0.2) is 41.8 Å². The van der Waals surface area contributed by atoms with Crippen molar-refractivity contribution in [2.45, 2.75) is 10.9 Å². The summed E-state index contributed by atoms with van der Waals surface area (Å²) in [5, 5.41) is 15.9. The Bertz CT molecular complexity index is 552. The van der Waals surface area contributed by atoms with Gasteiger partial charge in [-0.3, -0.25) is 5.10 Å². The zero-order valence-corrected chi connectivity index (χ0v) is 10.2. The van der Waals surface area contributed by atoms with Gasteiger partial charge in [-0.1, -0.05) is 36.0 Å². The van der Waals surface area contributed by atoms with Crippen molar-refractivity contribution < 1.29 is 9.90 Å². The third-order valence-electron chi connectivity index (χ3n) is 2.14. The molecule has 0 amide bonds. The minimum atomic E-state index is -0.948. The zero-order valence-electron chi connectivity index (χ0n) is 9.41. The van der Waals surface area contributed by atoms with Crippen LogP contribution in [0.25, 0.3) is 6.08 Å². The van der Waals surface area contributed by atoms with E-state index in [0.717, 1.165) is 28.1 Å². The molecule has 0 unspecified atom stereocenters. The number of benzene rings is 1. The number of aromatic amines is 1. The van der Waals surface area contributed by atoms with Crippen LogP contribution in [-0.4, -0.2) is 26.3 Å². The normalized spacial score (nSPS) is 10.9. The molecule has 0 spiro atoms. The van der Waals surface area contributed by atoms with Crippen molar-refractivity contribution in [2.24, 2.45) is 0 Å². The lowest BCUT2D eigenvalue weighted by Crippen LogP contribution is -1.87. The zero-order chi connectivity index (χ0) is 12.8. The molecule has 2 N–H and O–H groups in total. The van der Waals surface area contributed by atoms with Crippen molar-refractivity contribution in [3.8, 4) is 0 Å². The highest BCUT2D eigenvalue weighted by Gasteiger charge is 1.99. The molecule has 0 saturated carbocycles. The molecule has 92 valence electrons. The molecule has 6 heteroatoms. The number of rotatable bonds is 5. The topological polar surface area (TPSA) is 78.9 Å². The van der Waals surface area contributed by atoms with Gasteiger partial charge >= 0.3 is 5.97 Å². The Morgan fingerprint density at radius 2 is 2.39 bits per heavy atom. The minimum absolute atomic E-state index is 0.754. The predicted octanol–water partition coefficient (Wildman–Crippen LogP) is 2.19.